The van der Waals surface area contributed by atoms with E-state index in [4.69, 9.17) is 11.6 Å². The number of hydrogen-bond donors (Lipinski definition) is 1. The molecule has 29 heavy (non-hydrogen) atoms. The molecule has 0 radical (unpaired) electrons. The molecule has 1 N–H and O–H groups in total. The lowest BCUT2D eigenvalue weighted by atomic mass is 10.2. The fourth-order valence-corrected chi connectivity index (χ4v) is 3.27. The third-order valence-corrected chi connectivity index (χ3v) is 5.21. The van der Waals surface area contributed by atoms with Crippen LogP contribution in [0.2, 0.25) is 5.02 Å². The molecule has 3 rings (SSSR count). The molecule has 2 atom stereocenters. The van der Waals surface area contributed by atoms with Crippen molar-refractivity contribution in [1.82, 2.24) is 14.5 Å². The second kappa shape index (κ2) is 8.21. The molecule has 0 spiro atoms. The monoisotopic (exact) mass is 417 g/mol. The molecule has 1 amide bonds. The molecule has 0 saturated heterocycles. The molecular weight excluding hydrogens is 397 g/mol. The molecule has 0 saturated carbocycles. The zero-order valence-electron chi connectivity index (χ0n) is 16.3. The van der Waals surface area contributed by atoms with Gasteiger partial charge in [0.1, 0.15) is 11.9 Å². The first kappa shape index (κ1) is 20.8. The van der Waals surface area contributed by atoms with Crippen LogP contribution in [-0.4, -0.2) is 21.1 Å². The number of carbonyl (C=O) groups excluding carboxylic acids is 1. The topological polar surface area (TPSA) is 73.1 Å². The average Bonchev–Trinajstić information content (AvgIpc) is 2.70. The summed E-state index contributed by atoms with van der Waals surface area (Å²) < 4.78 is 15.8. The van der Waals surface area contributed by atoms with Gasteiger partial charge in [-0.3, -0.25) is 14.2 Å². The van der Waals surface area contributed by atoms with E-state index in [1.807, 2.05) is 13.8 Å². The summed E-state index contributed by atoms with van der Waals surface area (Å²) >= 11 is 5.85. The number of rotatable bonds is 5. The molecule has 2 aromatic carbocycles. The van der Waals surface area contributed by atoms with E-state index in [-0.39, 0.29) is 28.0 Å². The Balaban J connectivity index is 2.30. The van der Waals surface area contributed by atoms with Gasteiger partial charge >= 0.3 is 5.69 Å². The predicted molar refractivity (Wildman–Crippen MR) is 111 cm³/mol. The quantitative estimate of drug-likeness (QED) is 0.691. The van der Waals surface area contributed by atoms with Crippen molar-refractivity contribution in [1.29, 1.82) is 0 Å². The number of hydrogen-bond acceptors (Lipinski definition) is 3. The Bertz CT molecular complexity index is 1200. The summed E-state index contributed by atoms with van der Waals surface area (Å²) in [6.45, 7) is 5.40. The molecule has 6 nitrogen and oxygen atoms in total. The molecular formula is C21H21ClFN3O3. The summed E-state index contributed by atoms with van der Waals surface area (Å²) in [6, 6.07) is 9.22. The third kappa shape index (κ3) is 3.82. The van der Waals surface area contributed by atoms with Crippen LogP contribution in [0.3, 0.4) is 0 Å². The van der Waals surface area contributed by atoms with Crippen molar-refractivity contribution in [2.24, 2.45) is 0 Å². The number of fused-ring (bicyclic) bond motifs is 1. The van der Waals surface area contributed by atoms with E-state index in [0.717, 1.165) is 17.1 Å². The van der Waals surface area contributed by atoms with Crippen LogP contribution in [0.4, 0.5) is 4.39 Å². The number of carbonyl (C=O) groups is 1. The lowest BCUT2D eigenvalue weighted by molar-refractivity contribution is -0.124. The zero-order valence-corrected chi connectivity index (χ0v) is 17.0. The molecule has 8 heteroatoms. The van der Waals surface area contributed by atoms with E-state index in [1.165, 1.54) is 16.7 Å². The van der Waals surface area contributed by atoms with Crippen LogP contribution in [0.1, 0.15) is 33.2 Å². The number of halogens is 2. The van der Waals surface area contributed by atoms with Crippen molar-refractivity contribution < 1.29 is 9.18 Å². The molecule has 152 valence electrons. The van der Waals surface area contributed by atoms with Crippen LogP contribution in [0.5, 0.6) is 0 Å². The highest BCUT2D eigenvalue weighted by atomic mass is 35.5. The van der Waals surface area contributed by atoms with E-state index in [1.54, 1.807) is 31.2 Å². The minimum atomic E-state index is -0.871. The summed E-state index contributed by atoms with van der Waals surface area (Å²) in [5.41, 5.74) is -0.804. The zero-order chi connectivity index (χ0) is 21.3. The third-order valence-electron chi connectivity index (χ3n) is 4.92. The van der Waals surface area contributed by atoms with Crippen LogP contribution >= 0.6 is 11.6 Å². The average molecular weight is 418 g/mol. The van der Waals surface area contributed by atoms with Gasteiger partial charge in [-0.1, -0.05) is 30.7 Å². The van der Waals surface area contributed by atoms with Gasteiger partial charge in [0.15, 0.2) is 0 Å². The standard InChI is InChI=1S/C21H21ClFN3O3/c1-4-12(2)24-19(27)13(3)25-18-8-6-5-7-15(18)20(28)26(21(25)29)14-9-10-17(23)16(22)11-14/h5-13H,4H2,1-3H3,(H,24,27). The van der Waals surface area contributed by atoms with Gasteiger partial charge in [0.25, 0.3) is 5.56 Å². The van der Waals surface area contributed by atoms with E-state index in [0.29, 0.717) is 5.52 Å². The molecule has 2 unspecified atom stereocenters. The normalized spacial score (nSPS) is 13.3. The van der Waals surface area contributed by atoms with E-state index in [9.17, 15) is 18.8 Å². The van der Waals surface area contributed by atoms with Crippen LogP contribution in [0, 0.1) is 5.82 Å². The van der Waals surface area contributed by atoms with Crippen molar-refractivity contribution in [2.45, 2.75) is 39.3 Å². The molecule has 0 aliphatic rings. The highest BCUT2D eigenvalue weighted by Gasteiger charge is 2.23. The Morgan fingerprint density at radius 1 is 1.17 bits per heavy atom. The summed E-state index contributed by atoms with van der Waals surface area (Å²) in [5.74, 6) is -1.00. The summed E-state index contributed by atoms with van der Waals surface area (Å²) in [6.07, 6.45) is 0.738. The molecule has 3 aromatic rings. The van der Waals surface area contributed by atoms with Crippen LogP contribution in [0.25, 0.3) is 16.6 Å². The van der Waals surface area contributed by atoms with E-state index in [2.05, 4.69) is 5.32 Å². The van der Waals surface area contributed by atoms with Gasteiger partial charge in [0.05, 0.1) is 21.6 Å². The Hall–Kier alpha value is -2.93. The molecule has 0 fully saturated rings. The number of amides is 1. The Kier molecular flexibility index (Phi) is 5.88. The molecule has 1 aromatic heterocycles. The van der Waals surface area contributed by atoms with Crippen LogP contribution in [-0.2, 0) is 4.79 Å². The maximum Gasteiger partial charge on any atom is 0.336 e. The number of aromatic nitrogens is 2. The Labute approximate surface area is 171 Å². The smallest absolute Gasteiger partial charge is 0.336 e. The van der Waals surface area contributed by atoms with Gasteiger partial charge in [-0.2, -0.15) is 0 Å². The minimum Gasteiger partial charge on any atom is -0.352 e. The van der Waals surface area contributed by atoms with Crippen molar-refractivity contribution in [3.63, 3.8) is 0 Å². The fourth-order valence-electron chi connectivity index (χ4n) is 3.09. The lowest BCUT2D eigenvalue weighted by Crippen LogP contribution is -2.45. The van der Waals surface area contributed by atoms with Crippen LogP contribution in [0.15, 0.2) is 52.1 Å². The van der Waals surface area contributed by atoms with Gasteiger partial charge in [0.2, 0.25) is 5.91 Å². The Morgan fingerprint density at radius 3 is 2.52 bits per heavy atom. The first-order valence-electron chi connectivity index (χ1n) is 9.28. The molecule has 0 bridgehead atoms. The van der Waals surface area contributed by atoms with Crippen LogP contribution < -0.4 is 16.6 Å². The van der Waals surface area contributed by atoms with Gasteiger partial charge in [0, 0.05) is 6.04 Å². The number of benzene rings is 2. The minimum absolute atomic E-state index is 0.0614. The second-order valence-electron chi connectivity index (χ2n) is 6.90. The first-order valence-corrected chi connectivity index (χ1v) is 9.66. The van der Waals surface area contributed by atoms with Gasteiger partial charge in [-0.15, -0.1) is 0 Å². The maximum atomic E-state index is 13.6. The van der Waals surface area contributed by atoms with Crippen molar-refractivity contribution in [3.8, 4) is 5.69 Å². The number of para-hydroxylation sites is 1. The summed E-state index contributed by atoms with van der Waals surface area (Å²) in [5, 5.41) is 2.90. The summed E-state index contributed by atoms with van der Waals surface area (Å²) in [7, 11) is 0. The van der Waals surface area contributed by atoms with Gasteiger partial charge in [-0.05, 0) is 50.6 Å². The molecule has 1 heterocycles. The van der Waals surface area contributed by atoms with Gasteiger partial charge in [-0.25, -0.2) is 13.8 Å². The van der Waals surface area contributed by atoms with Crippen molar-refractivity contribution >= 4 is 28.4 Å². The lowest BCUT2D eigenvalue weighted by Gasteiger charge is -2.21. The highest BCUT2D eigenvalue weighted by molar-refractivity contribution is 6.30. The molecule has 0 aliphatic heterocycles. The first-order chi connectivity index (χ1) is 13.8. The van der Waals surface area contributed by atoms with E-state index >= 15 is 0 Å². The van der Waals surface area contributed by atoms with Crippen molar-refractivity contribution in [2.75, 3.05) is 0 Å². The largest absolute Gasteiger partial charge is 0.352 e. The fraction of sp³-hybridized carbons (Fsp3) is 0.286. The number of nitrogens with zero attached hydrogens (tertiary/aromatic N) is 2. The Morgan fingerprint density at radius 2 is 1.86 bits per heavy atom. The SMILES string of the molecule is CCC(C)NC(=O)C(C)n1c(=O)n(-c2ccc(F)c(Cl)c2)c(=O)c2ccccc21. The second-order valence-corrected chi connectivity index (χ2v) is 7.31. The van der Waals surface area contributed by atoms with Gasteiger partial charge < -0.3 is 5.32 Å². The maximum absolute atomic E-state index is 13.6. The number of nitrogens with one attached hydrogen (secondary N) is 1. The predicted octanol–water partition coefficient (Wildman–Crippen LogP) is 3.42. The molecule has 0 aliphatic carbocycles. The highest BCUT2D eigenvalue weighted by Crippen LogP contribution is 2.19. The van der Waals surface area contributed by atoms with E-state index < -0.39 is 23.1 Å². The summed E-state index contributed by atoms with van der Waals surface area (Å²) in [4.78, 5) is 39.0. The van der Waals surface area contributed by atoms with Crippen molar-refractivity contribution in [3.05, 3.63) is 74.1 Å².